The van der Waals surface area contributed by atoms with Crippen LogP contribution in [0.1, 0.15) is 31.9 Å². The Morgan fingerprint density at radius 1 is 1.39 bits per heavy atom. The molecule has 5 heteroatoms. The fourth-order valence-electron chi connectivity index (χ4n) is 2.55. The zero-order valence-corrected chi connectivity index (χ0v) is 12.2. The molecule has 2 unspecified atom stereocenters. The van der Waals surface area contributed by atoms with Crippen LogP contribution in [-0.2, 0) is 9.84 Å². The first-order chi connectivity index (χ1) is 8.31. The largest absolute Gasteiger partial charge is 0.304 e. The maximum atomic E-state index is 11.6. The van der Waals surface area contributed by atoms with E-state index >= 15 is 0 Å². The summed E-state index contributed by atoms with van der Waals surface area (Å²) in [5.74, 6) is 0.473. The molecule has 3 nitrogen and oxygen atoms in total. The third-order valence-electron chi connectivity index (χ3n) is 3.44. The lowest BCUT2D eigenvalue weighted by molar-refractivity contribution is 0.355. The van der Waals surface area contributed by atoms with Gasteiger partial charge in [-0.05, 0) is 31.9 Å². The topological polar surface area (TPSA) is 46.2 Å². The zero-order chi connectivity index (χ0) is 13.4. The molecule has 1 fully saturated rings. The van der Waals surface area contributed by atoms with E-state index in [-0.39, 0.29) is 23.1 Å². The third-order valence-corrected chi connectivity index (χ3v) is 5.69. The van der Waals surface area contributed by atoms with Crippen LogP contribution >= 0.6 is 11.6 Å². The predicted octanol–water partition coefficient (Wildman–Crippen LogP) is 2.57. The maximum Gasteiger partial charge on any atom is 0.152 e. The van der Waals surface area contributed by atoms with Crippen molar-refractivity contribution >= 4 is 21.4 Å². The molecule has 1 aliphatic rings. The first kappa shape index (κ1) is 13.8. The minimum Gasteiger partial charge on any atom is -0.304 e. The summed E-state index contributed by atoms with van der Waals surface area (Å²) in [7, 11) is -2.89. The standard InChI is InChI=1S/C13H18ClNO2S/c1-10(11-5-3-4-6-12(11)14)15-13(2)7-8-18(16,17)9-13/h3-6,10,15H,7-9H2,1-2H3. The van der Waals surface area contributed by atoms with Crippen molar-refractivity contribution in [3.63, 3.8) is 0 Å². The summed E-state index contributed by atoms with van der Waals surface area (Å²) >= 11 is 6.15. The second-order valence-electron chi connectivity index (χ2n) is 5.29. The van der Waals surface area contributed by atoms with E-state index in [1.807, 2.05) is 38.1 Å². The Hall–Kier alpha value is -0.580. The molecule has 1 heterocycles. The molecule has 0 amide bonds. The van der Waals surface area contributed by atoms with Crippen LogP contribution in [-0.4, -0.2) is 25.5 Å². The highest BCUT2D eigenvalue weighted by Crippen LogP contribution is 2.29. The summed E-state index contributed by atoms with van der Waals surface area (Å²) in [6.07, 6.45) is 0.657. The monoisotopic (exact) mass is 287 g/mol. The van der Waals surface area contributed by atoms with Gasteiger partial charge in [-0.3, -0.25) is 0 Å². The number of sulfone groups is 1. The first-order valence-electron chi connectivity index (χ1n) is 6.04. The molecule has 2 rings (SSSR count). The van der Waals surface area contributed by atoms with Crippen molar-refractivity contribution in [1.29, 1.82) is 0 Å². The molecule has 1 aliphatic heterocycles. The van der Waals surface area contributed by atoms with Crippen LogP contribution in [0.5, 0.6) is 0 Å². The van der Waals surface area contributed by atoms with Gasteiger partial charge < -0.3 is 5.32 Å². The van der Waals surface area contributed by atoms with Crippen molar-refractivity contribution < 1.29 is 8.42 Å². The van der Waals surface area contributed by atoms with Gasteiger partial charge in [-0.2, -0.15) is 0 Å². The van der Waals surface area contributed by atoms with Crippen LogP contribution in [0.4, 0.5) is 0 Å². The lowest BCUT2D eigenvalue weighted by Crippen LogP contribution is -2.44. The highest BCUT2D eigenvalue weighted by atomic mass is 35.5. The lowest BCUT2D eigenvalue weighted by Gasteiger charge is -2.29. The van der Waals surface area contributed by atoms with Gasteiger partial charge in [-0.25, -0.2) is 8.42 Å². The SMILES string of the molecule is CC(NC1(C)CCS(=O)(=O)C1)c1ccccc1Cl. The molecule has 1 saturated heterocycles. The van der Waals surface area contributed by atoms with E-state index in [0.717, 1.165) is 5.56 Å². The Kier molecular flexibility index (Phi) is 3.72. The van der Waals surface area contributed by atoms with E-state index in [1.54, 1.807) is 0 Å². The molecule has 0 aromatic heterocycles. The van der Waals surface area contributed by atoms with Gasteiger partial charge in [0.05, 0.1) is 11.5 Å². The minimum absolute atomic E-state index is 0.0389. The Labute approximate surface area is 113 Å². The van der Waals surface area contributed by atoms with Gasteiger partial charge in [0.15, 0.2) is 9.84 Å². The molecule has 0 saturated carbocycles. The van der Waals surface area contributed by atoms with Gasteiger partial charge in [-0.15, -0.1) is 0 Å². The molecule has 1 aromatic rings. The van der Waals surface area contributed by atoms with E-state index in [0.29, 0.717) is 11.4 Å². The van der Waals surface area contributed by atoms with Gasteiger partial charge in [0, 0.05) is 16.6 Å². The molecule has 2 atom stereocenters. The predicted molar refractivity (Wildman–Crippen MR) is 74.7 cm³/mol. The van der Waals surface area contributed by atoms with Crippen molar-refractivity contribution in [2.24, 2.45) is 0 Å². The lowest BCUT2D eigenvalue weighted by atomic mass is 9.98. The smallest absolute Gasteiger partial charge is 0.152 e. The van der Waals surface area contributed by atoms with Crippen LogP contribution < -0.4 is 5.32 Å². The Balaban J connectivity index is 2.13. The molecule has 0 aliphatic carbocycles. The van der Waals surface area contributed by atoms with Crippen LogP contribution in [0.3, 0.4) is 0 Å². The summed E-state index contributed by atoms with van der Waals surface area (Å²) < 4.78 is 23.1. The van der Waals surface area contributed by atoms with E-state index in [1.165, 1.54) is 0 Å². The molecule has 18 heavy (non-hydrogen) atoms. The van der Waals surface area contributed by atoms with E-state index in [2.05, 4.69) is 5.32 Å². The fourth-order valence-corrected chi connectivity index (χ4v) is 4.95. The number of hydrogen-bond donors (Lipinski definition) is 1. The number of nitrogens with one attached hydrogen (secondary N) is 1. The van der Waals surface area contributed by atoms with Gasteiger partial charge in [-0.1, -0.05) is 29.8 Å². The molecular formula is C13H18ClNO2S. The molecular weight excluding hydrogens is 270 g/mol. The summed E-state index contributed by atoms with van der Waals surface area (Å²) in [5, 5.41) is 4.11. The summed E-state index contributed by atoms with van der Waals surface area (Å²) in [6.45, 7) is 3.97. The normalized spacial score (nSPS) is 28.2. The van der Waals surface area contributed by atoms with E-state index in [4.69, 9.17) is 11.6 Å². The van der Waals surface area contributed by atoms with Gasteiger partial charge >= 0.3 is 0 Å². The first-order valence-corrected chi connectivity index (χ1v) is 8.24. The maximum absolute atomic E-state index is 11.6. The Morgan fingerprint density at radius 2 is 2.06 bits per heavy atom. The Bertz CT molecular complexity index is 544. The minimum atomic E-state index is -2.89. The van der Waals surface area contributed by atoms with Crippen LogP contribution in [0.25, 0.3) is 0 Å². The summed E-state index contributed by atoms with van der Waals surface area (Å²) in [4.78, 5) is 0. The number of rotatable bonds is 3. The second kappa shape index (κ2) is 4.83. The van der Waals surface area contributed by atoms with Gasteiger partial charge in [0.2, 0.25) is 0 Å². The zero-order valence-electron chi connectivity index (χ0n) is 10.6. The molecule has 0 spiro atoms. The average Bonchev–Trinajstić information content (AvgIpc) is 2.53. The number of hydrogen-bond acceptors (Lipinski definition) is 3. The van der Waals surface area contributed by atoms with Crippen LogP contribution in [0.2, 0.25) is 5.02 Å². The van der Waals surface area contributed by atoms with Crippen LogP contribution in [0, 0.1) is 0 Å². The molecule has 1 aromatic carbocycles. The van der Waals surface area contributed by atoms with Crippen molar-refractivity contribution in [3.8, 4) is 0 Å². The molecule has 0 bridgehead atoms. The molecule has 0 radical (unpaired) electrons. The molecule has 1 N–H and O–H groups in total. The van der Waals surface area contributed by atoms with Gasteiger partial charge in [0.1, 0.15) is 0 Å². The average molecular weight is 288 g/mol. The van der Waals surface area contributed by atoms with E-state index < -0.39 is 9.84 Å². The van der Waals surface area contributed by atoms with Crippen molar-refractivity contribution in [2.75, 3.05) is 11.5 Å². The highest BCUT2D eigenvalue weighted by molar-refractivity contribution is 7.91. The molecule has 100 valence electrons. The highest BCUT2D eigenvalue weighted by Gasteiger charge is 2.39. The van der Waals surface area contributed by atoms with E-state index in [9.17, 15) is 8.42 Å². The Morgan fingerprint density at radius 3 is 2.61 bits per heavy atom. The van der Waals surface area contributed by atoms with Crippen molar-refractivity contribution in [3.05, 3.63) is 34.9 Å². The summed E-state index contributed by atoms with van der Waals surface area (Å²) in [6, 6.07) is 7.68. The number of halogens is 1. The van der Waals surface area contributed by atoms with Crippen LogP contribution in [0.15, 0.2) is 24.3 Å². The third kappa shape index (κ3) is 3.05. The summed E-state index contributed by atoms with van der Waals surface area (Å²) in [5.41, 5.74) is 0.655. The van der Waals surface area contributed by atoms with Crippen molar-refractivity contribution in [1.82, 2.24) is 5.32 Å². The fraction of sp³-hybridized carbons (Fsp3) is 0.538. The van der Waals surface area contributed by atoms with Crippen molar-refractivity contribution in [2.45, 2.75) is 31.8 Å². The van der Waals surface area contributed by atoms with Gasteiger partial charge in [0.25, 0.3) is 0 Å². The quantitative estimate of drug-likeness (QED) is 0.929. The second-order valence-corrected chi connectivity index (χ2v) is 7.88. The number of benzene rings is 1.